The summed E-state index contributed by atoms with van der Waals surface area (Å²) >= 11 is 1.44. The zero-order valence-electron chi connectivity index (χ0n) is 9.00. The van der Waals surface area contributed by atoms with Crippen molar-refractivity contribution < 1.29 is 0 Å². The van der Waals surface area contributed by atoms with Crippen LogP contribution in [0.3, 0.4) is 0 Å². The highest BCUT2D eigenvalue weighted by atomic mass is 32.1. The first-order valence-electron chi connectivity index (χ1n) is 4.71. The third-order valence-electron chi connectivity index (χ3n) is 2.03. The minimum atomic E-state index is 0.644. The zero-order chi connectivity index (χ0) is 10.6. The number of rotatable bonds is 5. The molecule has 3 N–H and O–H groups in total. The van der Waals surface area contributed by atoms with E-state index in [4.69, 9.17) is 5.73 Å². The van der Waals surface area contributed by atoms with E-state index in [9.17, 15) is 0 Å². The monoisotopic (exact) mass is 214 g/mol. The Kier molecular flexibility index (Phi) is 4.16. The lowest BCUT2D eigenvalue weighted by molar-refractivity contribution is 0.405. The lowest BCUT2D eigenvalue weighted by Gasteiger charge is -2.09. The van der Waals surface area contributed by atoms with Crippen LogP contribution < -0.4 is 11.1 Å². The molecule has 0 fully saturated rings. The van der Waals surface area contributed by atoms with Crippen LogP contribution in [-0.2, 0) is 0 Å². The number of anilines is 2. The molecule has 0 aromatic carbocycles. The number of hydrogen-bond donors (Lipinski definition) is 2. The van der Waals surface area contributed by atoms with E-state index in [0.717, 1.165) is 30.1 Å². The van der Waals surface area contributed by atoms with Gasteiger partial charge in [-0.05, 0) is 45.5 Å². The topological polar surface area (TPSA) is 54.2 Å². The average Bonchev–Trinajstić information content (AvgIpc) is 2.43. The van der Waals surface area contributed by atoms with Gasteiger partial charge in [0.2, 0.25) is 0 Å². The molecule has 1 aromatic heterocycles. The predicted molar refractivity (Wildman–Crippen MR) is 62.9 cm³/mol. The number of nitrogens with zero attached hydrogens (tertiary/aromatic N) is 2. The molecule has 4 nitrogen and oxygen atoms in total. The second kappa shape index (κ2) is 5.17. The van der Waals surface area contributed by atoms with Gasteiger partial charge in [0, 0.05) is 12.1 Å². The Morgan fingerprint density at radius 2 is 2.21 bits per heavy atom. The van der Waals surface area contributed by atoms with E-state index >= 15 is 0 Å². The van der Waals surface area contributed by atoms with E-state index in [1.54, 1.807) is 0 Å². The lowest BCUT2D eigenvalue weighted by atomic mass is 10.3. The molecule has 0 aliphatic carbocycles. The molecule has 5 heteroatoms. The quantitative estimate of drug-likeness (QED) is 0.727. The normalized spacial score (nSPS) is 10.9. The molecule has 0 atom stereocenters. The van der Waals surface area contributed by atoms with Crippen LogP contribution in [0.25, 0.3) is 0 Å². The van der Waals surface area contributed by atoms with Gasteiger partial charge in [-0.25, -0.2) is 0 Å². The summed E-state index contributed by atoms with van der Waals surface area (Å²) in [5.74, 6) is 0.644. The van der Waals surface area contributed by atoms with Gasteiger partial charge >= 0.3 is 0 Å². The van der Waals surface area contributed by atoms with Gasteiger partial charge in [0.1, 0.15) is 10.8 Å². The highest BCUT2D eigenvalue weighted by Gasteiger charge is 2.04. The predicted octanol–water partition coefficient (Wildman–Crippen LogP) is 1.40. The number of aromatic nitrogens is 1. The Bertz CT molecular complexity index is 282. The first kappa shape index (κ1) is 11.3. The minimum Gasteiger partial charge on any atom is -0.383 e. The van der Waals surface area contributed by atoms with Crippen LogP contribution >= 0.6 is 11.5 Å². The molecule has 0 aliphatic heterocycles. The van der Waals surface area contributed by atoms with Crippen molar-refractivity contribution in [2.24, 2.45) is 0 Å². The van der Waals surface area contributed by atoms with Crippen molar-refractivity contribution in [3.63, 3.8) is 0 Å². The summed E-state index contributed by atoms with van der Waals surface area (Å²) in [4.78, 5) is 2.18. The molecule has 0 bridgehead atoms. The molecule has 0 spiro atoms. The Morgan fingerprint density at radius 3 is 2.71 bits per heavy atom. The second-order valence-corrected chi connectivity index (χ2v) is 4.38. The van der Waals surface area contributed by atoms with Gasteiger partial charge in [0.05, 0.1) is 0 Å². The summed E-state index contributed by atoms with van der Waals surface area (Å²) in [5, 5.41) is 4.44. The maximum absolute atomic E-state index is 5.64. The van der Waals surface area contributed by atoms with Gasteiger partial charge in [0.15, 0.2) is 0 Å². The second-order valence-electron chi connectivity index (χ2n) is 3.61. The van der Waals surface area contributed by atoms with Crippen LogP contribution in [0, 0.1) is 6.92 Å². The lowest BCUT2D eigenvalue weighted by Crippen LogP contribution is -2.16. The van der Waals surface area contributed by atoms with Gasteiger partial charge in [-0.3, -0.25) is 0 Å². The SMILES string of the molecule is Cc1c(N)nsc1NCCCN(C)C. The minimum absolute atomic E-state index is 0.644. The van der Waals surface area contributed by atoms with Gasteiger partial charge in [-0.15, -0.1) is 0 Å². The molecule has 0 amide bonds. The summed E-state index contributed by atoms with van der Waals surface area (Å²) in [6.07, 6.45) is 1.13. The van der Waals surface area contributed by atoms with E-state index in [1.807, 2.05) is 6.92 Å². The van der Waals surface area contributed by atoms with Gasteiger partial charge in [-0.2, -0.15) is 4.37 Å². The Morgan fingerprint density at radius 1 is 1.50 bits per heavy atom. The van der Waals surface area contributed by atoms with E-state index in [-0.39, 0.29) is 0 Å². The summed E-state index contributed by atoms with van der Waals surface area (Å²) in [7, 11) is 4.16. The largest absolute Gasteiger partial charge is 0.383 e. The van der Waals surface area contributed by atoms with E-state index in [1.165, 1.54) is 11.5 Å². The van der Waals surface area contributed by atoms with Crippen molar-refractivity contribution in [3.8, 4) is 0 Å². The molecule has 1 aromatic rings. The fourth-order valence-electron chi connectivity index (χ4n) is 1.11. The summed E-state index contributed by atoms with van der Waals surface area (Å²) in [6.45, 7) is 4.06. The zero-order valence-corrected chi connectivity index (χ0v) is 9.82. The highest BCUT2D eigenvalue weighted by Crippen LogP contribution is 2.24. The number of nitrogen functional groups attached to an aromatic ring is 1. The molecule has 1 rings (SSSR count). The van der Waals surface area contributed by atoms with E-state index in [0.29, 0.717) is 5.82 Å². The van der Waals surface area contributed by atoms with Gasteiger partial charge in [0.25, 0.3) is 0 Å². The van der Waals surface area contributed by atoms with Gasteiger partial charge in [-0.1, -0.05) is 0 Å². The molecular formula is C9H18N4S. The molecule has 0 aliphatic rings. The van der Waals surface area contributed by atoms with Crippen LogP contribution in [0.5, 0.6) is 0 Å². The summed E-state index contributed by atoms with van der Waals surface area (Å²) < 4.78 is 4.08. The Labute approximate surface area is 89.3 Å². The fourth-order valence-corrected chi connectivity index (χ4v) is 1.84. The average molecular weight is 214 g/mol. The molecule has 80 valence electrons. The van der Waals surface area contributed by atoms with Crippen molar-refractivity contribution in [3.05, 3.63) is 5.56 Å². The van der Waals surface area contributed by atoms with E-state index in [2.05, 4.69) is 28.7 Å². The van der Waals surface area contributed by atoms with E-state index < -0.39 is 0 Å². The molecule has 0 radical (unpaired) electrons. The molecule has 0 saturated carbocycles. The molecule has 0 unspecified atom stereocenters. The van der Waals surface area contributed by atoms with Crippen LogP contribution in [0.15, 0.2) is 0 Å². The fraction of sp³-hybridized carbons (Fsp3) is 0.667. The molecule has 0 saturated heterocycles. The smallest absolute Gasteiger partial charge is 0.142 e. The van der Waals surface area contributed by atoms with Crippen molar-refractivity contribution in [2.45, 2.75) is 13.3 Å². The highest BCUT2D eigenvalue weighted by molar-refractivity contribution is 7.10. The first-order valence-corrected chi connectivity index (χ1v) is 5.49. The Hall–Kier alpha value is -0.810. The standard InChI is InChI=1S/C9H18N4S/c1-7-8(10)12-14-9(7)11-5-4-6-13(2)3/h11H,4-6H2,1-3H3,(H2,10,12). The van der Waals surface area contributed by atoms with Crippen LogP contribution in [0.4, 0.5) is 10.8 Å². The molecule has 1 heterocycles. The van der Waals surface area contributed by atoms with Crippen LogP contribution in [-0.4, -0.2) is 36.5 Å². The summed E-state index contributed by atoms with van der Waals surface area (Å²) in [6, 6.07) is 0. The third kappa shape index (κ3) is 3.16. The van der Waals surface area contributed by atoms with Crippen molar-refractivity contribution >= 4 is 22.4 Å². The maximum atomic E-state index is 5.64. The first-order chi connectivity index (χ1) is 6.61. The maximum Gasteiger partial charge on any atom is 0.142 e. The third-order valence-corrected chi connectivity index (χ3v) is 2.95. The Balaban J connectivity index is 2.28. The number of hydrogen-bond acceptors (Lipinski definition) is 5. The van der Waals surface area contributed by atoms with Crippen molar-refractivity contribution in [1.82, 2.24) is 9.27 Å². The van der Waals surface area contributed by atoms with Crippen molar-refractivity contribution in [1.29, 1.82) is 0 Å². The summed E-state index contributed by atoms with van der Waals surface area (Å²) in [5.41, 5.74) is 6.71. The van der Waals surface area contributed by atoms with Crippen molar-refractivity contribution in [2.75, 3.05) is 38.2 Å². The van der Waals surface area contributed by atoms with Gasteiger partial charge < -0.3 is 16.0 Å². The molecule has 14 heavy (non-hydrogen) atoms. The number of nitrogens with two attached hydrogens (primary N) is 1. The molecular weight excluding hydrogens is 196 g/mol. The number of nitrogens with one attached hydrogen (secondary N) is 1. The van der Waals surface area contributed by atoms with Crippen LogP contribution in [0.2, 0.25) is 0 Å². The van der Waals surface area contributed by atoms with Crippen LogP contribution in [0.1, 0.15) is 12.0 Å².